The number of hydrogen-bond acceptors (Lipinski definition) is 4. The molecule has 0 fully saturated rings. The molecule has 0 aromatic heterocycles. The van der Waals surface area contributed by atoms with Gasteiger partial charge in [-0.1, -0.05) is 18.2 Å². The molecule has 0 aliphatic carbocycles. The first-order chi connectivity index (χ1) is 7.59. The molecule has 2 rings (SSSR count). The molecule has 1 aliphatic heterocycles. The summed E-state index contributed by atoms with van der Waals surface area (Å²) in [6.07, 6.45) is 1.65. The summed E-state index contributed by atoms with van der Waals surface area (Å²) < 4.78 is 4.65. The normalized spacial score (nSPS) is 17.0. The number of hydrogen-bond donors (Lipinski definition) is 0. The van der Waals surface area contributed by atoms with Crippen LogP contribution in [-0.4, -0.2) is 30.9 Å². The van der Waals surface area contributed by atoms with Crippen molar-refractivity contribution in [2.24, 2.45) is 0 Å². The average molecular weight is 217 g/mol. The molecule has 0 radical (unpaired) electrons. The predicted octanol–water partition coefficient (Wildman–Crippen LogP) is 1.29. The molecule has 0 amide bonds. The molecule has 4 heteroatoms. The van der Waals surface area contributed by atoms with Crippen LogP contribution < -0.4 is 0 Å². The van der Waals surface area contributed by atoms with Crippen LogP contribution in [0.2, 0.25) is 0 Å². The number of rotatable bonds is 1. The Kier molecular flexibility index (Phi) is 2.48. The van der Waals surface area contributed by atoms with Gasteiger partial charge in [-0.05, 0) is 6.07 Å². The first-order valence-corrected chi connectivity index (χ1v) is 4.84. The number of fused-ring (bicyclic) bond motifs is 1. The summed E-state index contributed by atoms with van der Waals surface area (Å²) in [5, 5.41) is 0. The summed E-state index contributed by atoms with van der Waals surface area (Å²) in [5.74, 6) is -1.19. The van der Waals surface area contributed by atoms with E-state index in [-0.39, 0.29) is 0 Å². The van der Waals surface area contributed by atoms with Crippen LogP contribution in [-0.2, 0) is 9.53 Å². The molecule has 1 aromatic carbocycles. The van der Waals surface area contributed by atoms with E-state index in [4.69, 9.17) is 0 Å². The topological polar surface area (TPSA) is 46.6 Å². The highest BCUT2D eigenvalue weighted by Gasteiger charge is 2.29. The maximum Gasteiger partial charge on any atom is 0.348 e. The summed E-state index contributed by atoms with van der Waals surface area (Å²) in [4.78, 5) is 24.7. The Morgan fingerprint density at radius 1 is 1.06 bits per heavy atom. The van der Waals surface area contributed by atoms with Gasteiger partial charge in [-0.25, -0.2) is 9.59 Å². The summed E-state index contributed by atoms with van der Waals surface area (Å²) in [7, 11) is 3.61. The molecule has 0 atom stereocenters. The minimum absolute atomic E-state index is 0.403. The summed E-state index contributed by atoms with van der Waals surface area (Å²) in [6.45, 7) is 0. The van der Waals surface area contributed by atoms with E-state index < -0.39 is 11.9 Å². The number of carbonyl (C=O) groups excluding carboxylic acids is 2. The van der Waals surface area contributed by atoms with Gasteiger partial charge in [-0.3, -0.25) is 0 Å². The van der Waals surface area contributed by atoms with Crippen molar-refractivity contribution in [1.29, 1.82) is 0 Å². The number of esters is 2. The van der Waals surface area contributed by atoms with Crippen LogP contribution in [0.15, 0.2) is 30.5 Å². The van der Waals surface area contributed by atoms with Gasteiger partial charge in [-0.2, -0.15) is 0 Å². The number of nitrogens with zero attached hydrogens (tertiary/aromatic N) is 1. The van der Waals surface area contributed by atoms with Crippen LogP contribution in [0.5, 0.6) is 0 Å². The molecule has 1 aromatic rings. The van der Waals surface area contributed by atoms with Crippen LogP contribution in [0.1, 0.15) is 15.9 Å². The molecule has 1 aliphatic rings. The summed E-state index contributed by atoms with van der Waals surface area (Å²) in [5.41, 5.74) is 1.45. The highest BCUT2D eigenvalue weighted by atomic mass is 16.6. The van der Waals surface area contributed by atoms with Crippen molar-refractivity contribution in [3.63, 3.8) is 0 Å². The van der Waals surface area contributed by atoms with Crippen LogP contribution in [0, 0.1) is 0 Å². The van der Waals surface area contributed by atoms with E-state index in [9.17, 15) is 9.59 Å². The van der Waals surface area contributed by atoms with Crippen molar-refractivity contribution in [2.45, 2.75) is 0 Å². The highest BCUT2D eigenvalue weighted by Crippen LogP contribution is 2.26. The van der Waals surface area contributed by atoms with E-state index in [0.29, 0.717) is 16.7 Å². The Balaban J connectivity index is 2.60. The highest BCUT2D eigenvalue weighted by molar-refractivity contribution is 6.25. The zero-order chi connectivity index (χ0) is 11.7. The minimum Gasteiger partial charge on any atom is -0.386 e. The third-order valence-corrected chi connectivity index (χ3v) is 2.23. The second-order valence-electron chi connectivity index (χ2n) is 3.73. The van der Waals surface area contributed by atoms with Crippen molar-refractivity contribution >= 4 is 17.5 Å². The Hall–Kier alpha value is -2.10. The Labute approximate surface area is 93.1 Å². The second kappa shape index (κ2) is 3.81. The largest absolute Gasteiger partial charge is 0.386 e. The van der Waals surface area contributed by atoms with E-state index in [2.05, 4.69) is 4.74 Å². The molecule has 0 saturated heterocycles. The Bertz CT molecular complexity index is 489. The van der Waals surface area contributed by atoms with E-state index >= 15 is 0 Å². The van der Waals surface area contributed by atoms with Crippen molar-refractivity contribution < 1.29 is 14.3 Å². The fourth-order valence-corrected chi connectivity index (χ4v) is 1.58. The first-order valence-electron chi connectivity index (χ1n) is 4.84. The Morgan fingerprint density at radius 3 is 2.31 bits per heavy atom. The van der Waals surface area contributed by atoms with Crippen molar-refractivity contribution in [3.05, 3.63) is 41.6 Å². The van der Waals surface area contributed by atoms with Gasteiger partial charge in [-0.15, -0.1) is 0 Å². The van der Waals surface area contributed by atoms with Gasteiger partial charge >= 0.3 is 11.9 Å². The first kappa shape index (κ1) is 10.4. The van der Waals surface area contributed by atoms with Crippen molar-refractivity contribution in [2.75, 3.05) is 14.1 Å². The molecule has 4 nitrogen and oxygen atoms in total. The zero-order valence-corrected chi connectivity index (χ0v) is 9.06. The standard InChI is InChI=1S/C12H11NO3/c1-13(2)7-10-8-5-3-4-6-9(8)11(14)16-12(10)15/h3-7H,1-2H3. The summed E-state index contributed by atoms with van der Waals surface area (Å²) in [6, 6.07) is 6.91. The molecular formula is C12H11NO3. The van der Waals surface area contributed by atoms with E-state index in [1.807, 2.05) is 0 Å². The quantitative estimate of drug-likeness (QED) is 0.404. The number of carbonyl (C=O) groups is 2. The SMILES string of the molecule is CN(C)C=C1C(=O)OC(=O)c2ccccc21. The van der Waals surface area contributed by atoms with Crippen LogP contribution in [0.25, 0.3) is 5.57 Å². The van der Waals surface area contributed by atoms with Gasteiger partial charge < -0.3 is 9.64 Å². The Morgan fingerprint density at radius 2 is 1.69 bits per heavy atom. The number of ether oxygens (including phenoxy) is 1. The smallest absolute Gasteiger partial charge is 0.348 e. The molecule has 82 valence electrons. The fourth-order valence-electron chi connectivity index (χ4n) is 1.58. The average Bonchev–Trinajstić information content (AvgIpc) is 2.24. The lowest BCUT2D eigenvalue weighted by Gasteiger charge is -2.18. The van der Waals surface area contributed by atoms with Crippen LogP contribution >= 0.6 is 0 Å². The molecule has 0 spiro atoms. The van der Waals surface area contributed by atoms with Crippen molar-refractivity contribution in [3.8, 4) is 0 Å². The molecule has 0 bridgehead atoms. The molecule has 16 heavy (non-hydrogen) atoms. The van der Waals surface area contributed by atoms with Gasteiger partial charge in [0.05, 0.1) is 11.1 Å². The maximum absolute atomic E-state index is 11.6. The lowest BCUT2D eigenvalue weighted by atomic mass is 9.98. The molecule has 0 N–H and O–H groups in total. The maximum atomic E-state index is 11.6. The van der Waals surface area contributed by atoms with E-state index in [1.165, 1.54) is 0 Å². The molecular weight excluding hydrogens is 206 g/mol. The number of cyclic esters (lactones) is 2. The lowest BCUT2D eigenvalue weighted by molar-refractivity contribution is -0.131. The third-order valence-electron chi connectivity index (χ3n) is 2.23. The molecule has 0 saturated carbocycles. The second-order valence-corrected chi connectivity index (χ2v) is 3.73. The number of benzene rings is 1. The van der Waals surface area contributed by atoms with Crippen molar-refractivity contribution in [1.82, 2.24) is 4.90 Å². The zero-order valence-electron chi connectivity index (χ0n) is 9.06. The van der Waals surface area contributed by atoms with E-state index in [0.717, 1.165) is 0 Å². The fraction of sp³-hybridized carbons (Fsp3) is 0.167. The summed E-state index contributed by atoms with van der Waals surface area (Å²) >= 11 is 0. The van der Waals surface area contributed by atoms with Crippen LogP contribution in [0.3, 0.4) is 0 Å². The van der Waals surface area contributed by atoms with Gasteiger partial charge in [0.1, 0.15) is 0 Å². The van der Waals surface area contributed by atoms with Gasteiger partial charge in [0.15, 0.2) is 0 Å². The minimum atomic E-state index is -0.600. The van der Waals surface area contributed by atoms with Gasteiger partial charge in [0.2, 0.25) is 0 Å². The third kappa shape index (κ3) is 1.69. The van der Waals surface area contributed by atoms with E-state index in [1.54, 1.807) is 49.5 Å². The molecule has 0 unspecified atom stereocenters. The van der Waals surface area contributed by atoms with Gasteiger partial charge in [0, 0.05) is 25.9 Å². The monoisotopic (exact) mass is 217 g/mol. The van der Waals surface area contributed by atoms with Crippen LogP contribution in [0.4, 0.5) is 0 Å². The lowest BCUT2D eigenvalue weighted by Crippen LogP contribution is -2.23. The predicted molar refractivity (Wildman–Crippen MR) is 58.5 cm³/mol. The molecule has 1 heterocycles. The van der Waals surface area contributed by atoms with Gasteiger partial charge in [0.25, 0.3) is 0 Å².